The van der Waals surface area contributed by atoms with Crippen LogP contribution in [0, 0.1) is 5.41 Å². The van der Waals surface area contributed by atoms with Crippen molar-refractivity contribution in [3.63, 3.8) is 0 Å². The minimum Gasteiger partial charge on any atom is -0.481 e. The minimum absolute atomic E-state index is 0.0572. The lowest BCUT2D eigenvalue weighted by Gasteiger charge is -2.23. The zero-order valence-electron chi connectivity index (χ0n) is 15.9. The Bertz CT molecular complexity index is 1010. The third-order valence-corrected chi connectivity index (χ3v) is 5.22. The number of carboxylic acid groups (broad SMARTS) is 1. The van der Waals surface area contributed by atoms with Crippen molar-refractivity contribution in [1.29, 1.82) is 0 Å². The molecule has 0 bridgehead atoms. The zero-order valence-corrected chi connectivity index (χ0v) is 15.9. The van der Waals surface area contributed by atoms with Crippen LogP contribution >= 0.6 is 0 Å². The summed E-state index contributed by atoms with van der Waals surface area (Å²) in [6.45, 7) is 0.483. The molecule has 1 unspecified atom stereocenters. The van der Waals surface area contributed by atoms with Gasteiger partial charge in [-0.05, 0) is 30.7 Å². The van der Waals surface area contributed by atoms with Crippen LogP contribution in [0.1, 0.15) is 16.9 Å². The van der Waals surface area contributed by atoms with Crippen molar-refractivity contribution in [1.82, 2.24) is 14.7 Å². The van der Waals surface area contributed by atoms with E-state index in [2.05, 4.69) is 5.10 Å². The fraction of sp³-hybridized carbons (Fsp3) is 0.286. The molecule has 3 heterocycles. The maximum atomic E-state index is 13.3. The number of amides is 1. The number of benzene rings is 1. The molecule has 1 fully saturated rings. The maximum Gasteiger partial charge on any atom is 0.313 e. The molecule has 0 saturated carbocycles. The zero-order chi connectivity index (χ0) is 20.4. The Morgan fingerprint density at radius 1 is 1.24 bits per heavy atom. The van der Waals surface area contributed by atoms with E-state index in [0.717, 1.165) is 5.69 Å². The van der Waals surface area contributed by atoms with E-state index in [1.54, 1.807) is 34.0 Å². The maximum absolute atomic E-state index is 13.3. The average Bonchev–Trinajstić information content (AvgIpc) is 3.47. The number of para-hydroxylation sites is 1. The first-order valence-electron chi connectivity index (χ1n) is 9.25. The molecule has 0 aliphatic carbocycles. The molecule has 3 aromatic rings. The Kier molecular flexibility index (Phi) is 4.94. The fourth-order valence-electron chi connectivity index (χ4n) is 3.68. The van der Waals surface area contributed by atoms with Crippen molar-refractivity contribution in [2.24, 2.45) is 5.41 Å². The van der Waals surface area contributed by atoms with Gasteiger partial charge in [0.15, 0.2) is 5.76 Å². The molecule has 150 valence electrons. The highest BCUT2D eigenvalue weighted by molar-refractivity contribution is 5.95. The fourth-order valence-corrected chi connectivity index (χ4v) is 3.68. The average molecular weight is 395 g/mol. The lowest BCUT2D eigenvalue weighted by atomic mass is 9.88. The van der Waals surface area contributed by atoms with Gasteiger partial charge in [0.2, 0.25) is 0 Å². The monoisotopic (exact) mass is 395 g/mol. The number of likely N-dealkylation sites (tertiary alicyclic amines) is 1. The Morgan fingerprint density at radius 2 is 2.03 bits per heavy atom. The van der Waals surface area contributed by atoms with Crippen LogP contribution in [0.5, 0.6) is 0 Å². The molecule has 1 atom stereocenters. The Morgan fingerprint density at radius 3 is 2.69 bits per heavy atom. The number of nitrogens with zero attached hydrogens (tertiary/aromatic N) is 3. The van der Waals surface area contributed by atoms with Crippen LogP contribution in [0.2, 0.25) is 0 Å². The van der Waals surface area contributed by atoms with Gasteiger partial charge in [-0.15, -0.1) is 0 Å². The number of carbonyl (C=O) groups excluding carboxylic acids is 1. The summed E-state index contributed by atoms with van der Waals surface area (Å²) in [6, 6.07) is 14.5. The first-order valence-corrected chi connectivity index (χ1v) is 9.25. The number of carboxylic acids is 1. The number of ether oxygens (including phenoxy) is 1. The molecule has 1 saturated heterocycles. The smallest absolute Gasteiger partial charge is 0.313 e. The van der Waals surface area contributed by atoms with E-state index in [9.17, 15) is 14.7 Å². The number of carbonyl (C=O) groups is 2. The quantitative estimate of drug-likeness (QED) is 0.689. The topological polar surface area (TPSA) is 97.8 Å². The molecule has 29 heavy (non-hydrogen) atoms. The van der Waals surface area contributed by atoms with Crippen molar-refractivity contribution in [2.75, 3.05) is 26.8 Å². The highest BCUT2D eigenvalue weighted by atomic mass is 16.5. The normalized spacial score (nSPS) is 18.9. The van der Waals surface area contributed by atoms with Crippen LogP contribution in [-0.2, 0) is 9.53 Å². The summed E-state index contributed by atoms with van der Waals surface area (Å²) in [6.07, 6.45) is 1.89. The molecule has 1 aromatic carbocycles. The van der Waals surface area contributed by atoms with Crippen LogP contribution in [0.25, 0.3) is 17.1 Å². The van der Waals surface area contributed by atoms with Crippen LogP contribution in [-0.4, -0.2) is 58.5 Å². The van der Waals surface area contributed by atoms with E-state index in [1.807, 2.05) is 30.3 Å². The van der Waals surface area contributed by atoms with Crippen LogP contribution < -0.4 is 0 Å². The minimum atomic E-state index is -1.09. The van der Waals surface area contributed by atoms with Crippen LogP contribution in [0.15, 0.2) is 59.2 Å². The summed E-state index contributed by atoms with van der Waals surface area (Å²) >= 11 is 0. The first kappa shape index (κ1) is 18.9. The van der Waals surface area contributed by atoms with Crippen LogP contribution in [0.4, 0.5) is 0 Å². The van der Waals surface area contributed by atoms with Gasteiger partial charge in [0, 0.05) is 26.3 Å². The summed E-state index contributed by atoms with van der Waals surface area (Å²) in [5.74, 6) is -0.685. The van der Waals surface area contributed by atoms with Gasteiger partial charge in [0.25, 0.3) is 5.91 Å². The van der Waals surface area contributed by atoms with Crippen molar-refractivity contribution < 1.29 is 23.8 Å². The molecule has 8 heteroatoms. The highest BCUT2D eigenvalue weighted by Gasteiger charge is 2.47. The highest BCUT2D eigenvalue weighted by Crippen LogP contribution is 2.33. The van der Waals surface area contributed by atoms with E-state index < -0.39 is 11.4 Å². The second kappa shape index (κ2) is 7.56. The SMILES string of the molecule is COCC1(C(=O)O)CCN(C(=O)c2cc(-c3ccco3)nn2-c2ccccc2)C1. The molecule has 0 spiro atoms. The van der Waals surface area contributed by atoms with E-state index >= 15 is 0 Å². The van der Waals surface area contributed by atoms with Crippen molar-refractivity contribution >= 4 is 11.9 Å². The van der Waals surface area contributed by atoms with Crippen LogP contribution in [0.3, 0.4) is 0 Å². The van der Waals surface area contributed by atoms with Gasteiger partial charge in [0.1, 0.15) is 16.8 Å². The van der Waals surface area contributed by atoms with Crippen molar-refractivity contribution in [2.45, 2.75) is 6.42 Å². The standard InChI is InChI=1S/C21H21N3O5/c1-28-14-21(20(26)27)9-10-23(13-21)19(25)17-12-16(18-8-5-11-29-18)22-24(17)15-6-3-2-4-7-15/h2-8,11-12H,9-10,13-14H2,1H3,(H,26,27). The summed E-state index contributed by atoms with van der Waals surface area (Å²) in [4.78, 5) is 26.7. The first-order chi connectivity index (χ1) is 14.0. The molecule has 1 N–H and O–H groups in total. The van der Waals surface area contributed by atoms with Gasteiger partial charge < -0.3 is 19.2 Å². The molecule has 4 rings (SSSR count). The Balaban J connectivity index is 1.70. The van der Waals surface area contributed by atoms with E-state index in [4.69, 9.17) is 9.15 Å². The predicted molar refractivity (Wildman–Crippen MR) is 104 cm³/mol. The lowest BCUT2D eigenvalue weighted by molar-refractivity contribution is -0.151. The number of hydrogen-bond donors (Lipinski definition) is 1. The molecule has 8 nitrogen and oxygen atoms in total. The predicted octanol–water partition coefficient (Wildman–Crippen LogP) is 2.70. The Hall–Kier alpha value is -3.39. The van der Waals surface area contributed by atoms with Gasteiger partial charge in [-0.3, -0.25) is 9.59 Å². The number of methoxy groups -OCH3 is 1. The number of rotatable bonds is 6. The summed E-state index contributed by atoms with van der Waals surface area (Å²) in [7, 11) is 1.47. The molecular formula is C21H21N3O5. The second-order valence-corrected chi connectivity index (χ2v) is 7.13. The van der Waals surface area contributed by atoms with Crippen molar-refractivity contribution in [3.05, 3.63) is 60.5 Å². The van der Waals surface area contributed by atoms with Gasteiger partial charge in [-0.25, -0.2) is 4.68 Å². The van der Waals surface area contributed by atoms with Gasteiger partial charge in [-0.1, -0.05) is 18.2 Å². The molecule has 0 radical (unpaired) electrons. The summed E-state index contributed by atoms with van der Waals surface area (Å²) < 4.78 is 12.1. The van der Waals surface area contributed by atoms with Gasteiger partial charge in [-0.2, -0.15) is 5.10 Å². The summed E-state index contributed by atoms with van der Waals surface area (Å²) in [5.41, 5.74) is 0.518. The number of aliphatic carboxylic acids is 1. The third-order valence-electron chi connectivity index (χ3n) is 5.22. The third kappa shape index (κ3) is 3.42. The number of furan rings is 1. The van der Waals surface area contributed by atoms with E-state index in [-0.39, 0.29) is 19.1 Å². The molecular weight excluding hydrogens is 374 g/mol. The molecule has 1 amide bonds. The van der Waals surface area contributed by atoms with Crippen molar-refractivity contribution in [3.8, 4) is 17.1 Å². The summed E-state index contributed by atoms with van der Waals surface area (Å²) in [5, 5.41) is 14.2. The molecule has 1 aliphatic heterocycles. The number of aromatic nitrogens is 2. The molecule has 1 aliphatic rings. The van der Waals surface area contributed by atoms with E-state index in [0.29, 0.717) is 30.1 Å². The largest absolute Gasteiger partial charge is 0.481 e. The van der Waals surface area contributed by atoms with Gasteiger partial charge >= 0.3 is 5.97 Å². The lowest BCUT2D eigenvalue weighted by Crippen LogP contribution is -2.40. The molecule has 2 aromatic heterocycles. The number of hydrogen-bond acceptors (Lipinski definition) is 5. The second-order valence-electron chi connectivity index (χ2n) is 7.13. The Labute approximate surface area is 167 Å². The van der Waals surface area contributed by atoms with E-state index in [1.165, 1.54) is 7.11 Å². The van der Waals surface area contributed by atoms with Gasteiger partial charge in [0.05, 0.1) is 18.6 Å².